The summed E-state index contributed by atoms with van der Waals surface area (Å²) in [6, 6.07) is 4.91. The Labute approximate surface area is 175 Å². The fourth-order valence-corrected chi connectivity index (χ4v) is 4.86. The van der Waals surface area contributed by atoms with E-state index < -0.39 is 12.0 Å². The number of hydrazone groups is 1. The highest BCUT2D eigenvalue weighted by Gasteiger charge is 2.26. The van der Waals surface area contributed by atoms with Crippen LogP contribution < -0.4 is 15.5 Å². The highest BCUT2D eigenvalue weighted by atomic mass is 79.9. The van der Waals surface area contributed by atoms with E-state index >= 15 is 0 Å². The Kier molecular flexibility index (Phi) is 6.69. The summed E-state index contributed by atoms with van der Waals surface area (Å²) in [5.41, 5.74) is 4.66. The van der Waals surface area contributed by atoms with Crippen molar-refractivity contribution in [3.8, 4) is 5.75 Å². The number of nitrogens with zero attached hydrogens (tertiary/aromatic N) is 1. The second-order valence-electron chi connectivity index (χ2n) is 6.12. The van der Waals surface area contributed by atoms with Gasteiger partial charge in [-0.25, -0.2) is 15.0 Å². The Balaban J connectivity index is 1.69. The number of carbonyl (C=O) groups excluding carboxylic acids is 2. The van der Waals surface area contributed by atoms with Crippen molar-refractivity contribution in [2.24, 2.45) is 5.10 Å². The van der Waals surface area contributed by atoms with Gasteiger partial charge < -0.3 is 9.47 Å². The summed E-state index contributed by atoms with van der Waals surface area (Å²) in [6.45, 7) is 0. The van der Waals surface area contributed by atoms with Gasteiger partial charge in [0.2, 0.25) is 0 Å². The molecule has 1 heterocycles. The molecule has 1 aliphatic carbocycles. The number of amides is 2. The molecule has 3 rings (SSSR count). The van der Waals surface area contributed by atoms with Crippen LogP contribution in [0.1, 0.15) is 39.2 Å². The Bertz CT molecular complexity index is 926. The van der Waals surface area contributed by atoms with Crippen molar-refractivity contribution in [3.63, 3.8) is 0 Å². The number of aryl methyl sites for hydroxylation is 1. The van der Waals surface area contributed by atoms with Gasteiger partial charge in [0.1, 0.15) is 10.8 Å². The van der Waals surface area contributed by atoms with Gasteiger partial charge in [0.05, 0.1) is 30.5 Å². The van der Waals surface area contributed by atoms with Crippen molar-refractivity contribution in [3.05, 3.63) is 44.2 Å². The van der Waals surface area contributed by atoms with E-state index in [1.54, 1.807) is 13.2 Å². The first kappa shape index (κ1) is 20.3. The zero-order valence-corrected chi connectivity index (χ0v) is 17.9. The van der Waals surface area contributed by atoms with Crippen LogP contribution in [0.2, 0.25) is 0 Å². The molecule has 1 aromatic carbocycles. The number of carbonyl (C=O) groups is 2. The second kappa shape index (κ2) is 9.20. The Morgan fingerprint density at radius 2 is 2.04 bits per heavy atom. The van der Waals surface area contributed by atoms with Crippen LogP contribution in [0.25, 0.3) is 0 Å². The monoisotopic (exact) mass is 465 g/mol. The number of thiophene rings is 1. The van der Waals surface area contributed by atoms with Gasteiger partial charge in [0.15, 0.2) is 0 Å². The van der Waals surface area contributed by atoms with E-state index in [1.165, 1.54) is 24.7 Å². The number of hydrogen-bond acceptors (Lipinski definition) is 6. The molecule has 1 aliphatic rings. The van der Waals surface area contributed by atoms with Gasteiger partial charge in [-0.05, 0) is 70.9 Å². The molecule has 0 unspecified atom stereocenters. The molecule has 2 amide bonds. The number of hydrogen-bond donors (Lipinski definition) is 2. The number of fused-ring (bicyclic) bond motifs is 1. The van der Waals surface area contributed by atoms with Gasteiger partial charge in [-0.1, -0.05) is 0 Å². The molecule has 1 aromatic heterocycles. The van der Waals surface area contributed by atoms with Gasteiger partial charge in [-0.2, -0.15) is 5.10 Å². The van der Waals surface area contributed by atoms with Gasteiger partial charge in [0.25, 0.3) is 0 Å². The molecule has 0 fully saturated rings. The lowest BCUT2D eigenvalue weighted by Crippen LogP contribution is -2.24. The van der Waals surface area contributed by atoms with Gasteiger partial charge in [-0.15, -0.1) is 11.3 Å². The summed E-state index contributed by atoms with van der Waals surface area (Å²) in [6.07, 6.45) is 5.37. The summed E-state index contributed by atoms with van der Waals surface area (Å²) in [5, 5.41) is 7.17. The second-order valence-corrected chi connectivity index (χ2v) is 8.08. The highest BCUT2D eigenvalue weighted by molar-refractivity contribution is 9.10. The van der Waals surface area contributed by atoms with Crippen LogP contribution in [0.3, 0.4) is 0 Å². The molecule has 2 N–H and O–H groups in total. The maximum atomic E-state index is 12.2. The molecule has 0 spiro atoms. The molecular weight excluding hydrogens is 446 g/mol. The average Bonchev–Trinajstić information content (AvgIpc) is 3.05. The predicted octanol–water partition coefficient (Wildman–Crippen LogP) is 4.34. The van der Waals surface area contributed by atoms with Crippen LogP contribution in [-0.2, 0) is 17.6 Å². The minimum absolute atomic E-state index is 0.429. The molecule has 0 radical (unpaired) electrons. The molecule has 0 aliphatic heterocycles. The lowest BCUT2D eigenvalue weighted by Gasteiger charge is -2.11. The van der Waals surface area contributed by atoms with Crippen LogP contribution in [0, 0.1) is 0 Å². The molecule has 0 saturated heterocycles. The molecule has 0 atom stereocenters. The predicted molar refractivity (Wildman–Crippen MR) is 113 cm³/mol. The van der Waals surface area contributed by atoms with Crippen LogP contribution >= 0.6 is 27.3 Å². The number of benzene rings is 1. The molecule has 0 saturated carbocycles. The first-order valence-electron chi connectivity index (χ1n) is 8.70. The third-order valence-electron chi connectivity index (χ3n) is 4.34. The fraction of sp³-hybridized carbons (Fsp3) is 0.316. The summed E-state index contributed by atoms with van der Waals surface area (Å²) >= 11 is 4.82. The number of ether oxygens (including phenoxy) is 2. The summed E-state index contributed by atoms with van der Waals surface area (Å²) in [4.78, 5) is 25.6. The number of nitrogens with one attached hydrogen (secondary N) is 2. The maximum Gasteiger partial charge on any atom is 0.341 e. The van der Waals surface area contributed by atoms with E-state index in [1.807, 2.05) is 12.1 Å². The van der Waals surface area contributed by atoms with Crippen molar-refractivity contribution in [1.29, 1.82) is 0 Å². The standard InChI is InChI=1S/C19H20BrN3O4S/c1-26-14-8-7-11(9-13(14)20)10-21-23-19(25)22-17-16(18(24)27-2)12-5-3-4-6-15(12)28-17/h7-10H,3-6H2,1-2H3,(H2,22,23,25). The largest absolute Gasteiger partial charge is 0.496 e. The van der Waals surface area contributed by atoms with Crippen LogP contribution in [0.15, 0.2) is 27.8 Å². The van der Waals surface area contributed by atoms with Gasteiger partial charge >= 0.3 is 12.0 Å². The van der Waals surface area contributed by atoms with Crippen molar-refractivity contribution in [2.45, 2.75) is 25.7 Å². The molecule has 0 bridgehead atoms. The van der Waals surface area contributed by atoms with E-state index in [9.17, 15) is 9.59 Å². The van der Waals surface area contributed by atoms with E-state index in [0.717, 1.165) is 46.2 Å². The minimum Gasteiger partial charge on any atom is -0.496 e. The third-order valence-corrected chi connectivity index (χ3v) is 6.17. The zero-order valence-electron chi connectivity index (χ0n) is 15.5. The highest BCUT2D eigenvalue weighted by Crippen LogP contribution is 2.38. The fourth-order valence-electron chi connectivity index (χ4n) is 3.03. The van der Waals surface area contributed by atoms with E-state index in [0.29, 0.717) is 16.3 Å². The third kappa shape index (κ3) is 4.53. The Morgan fingerprint density at radius 1 is 1.25 bits per heavy atom. The van der Waals surface area contributed by atoms with Crippen molar-refractivity contribution >= 4 is 50.5 Å². The number of rotatable bonds is 5. The summed E-state index contributed by atoms with van der Waals surface area (Å²) in [7, 11) is 2.93. The number of methoxy groups -OCH3 is 2. The van der Waals surface area contributed by atoms with Crippen LogP contribution in [-0.4, -0.2) is 32.4 Å². The topological polar surface area (TPSA) is 89.0 Å². The molecule has 148 valence electrons. The number of esters is 1. The van der Waals surface area contributed by atoms with E-state index in [-0.39, 0.29) is 0 Å². The van der Waals surface area contributed by atoms with E-state index in [2.05, 4.69) is 31.8 Å². The zero-order chi connectivity index (χ0) is 20.1. The number of urea groups is 1. The number of halogens is 1. The van der Waals surface area contributed by atoms with Gasteiger partial charge in [-0.3, -0.25) is 5.32 Å². The van der Waals surface area contributed by atoms with Crippen molar-refractivity contribution in [2.75, 3.05) is 19.5 Å². The van der Waals surface area contributed by atoms with Crippen LogP contribution in [0.5, 0.6) is 5.75 Å². The average molecular weight is 466 g/mol. The molecule has 7 nitrogen and oxygen atoms in total. The molecule has 2 aromatic rings. The lowest BCUT2D eigenvalue weighted by atomic mass is 9.95. The Morgan fingerprint density at radius 3 is 2.75 bits per heavy atom. The van der Waals surface area contributed by atoms with Gasteiger partial charge in [0, 0.05) is 4.88 Å². The van der Waals surface area contributed by atoms with E-state index in [4.69, 9.17) is 9.47 Å². The molecule has 9 heteroatoms. The normalized spacial score (nSPS) is 13.1. The van der Waals surface area contributed by atoms with Crippen LogP contribution in [0.4, 0.5) is 9.80 Å². The minimum atomic E-state index is -0.521. The quantitative estimate of drug-likeness (QED) is 0.390. The maximum absolute atomic E-state index is 12.2. The SMILES string of the molecule is COC(=O)c1c(NC(=O)NN=Cc2ccc(OC)c(Br)c2)sc2c1CCCC2. The lowest BCUT2D eigenvalue weighted by molar-refractivity contribution is 0.0601. The summed E-state index contributed by atoms with van der Waals surface area (Å²) in [5.74, 6) is 0.279. The molecule has 28 heavy (non-hydrogen) atoms. The number of anilines is 1. The first-order valence-corrected chi connectivity index (χ1v) is 10.3. The first-order chi connectivity index (χ1) is 13.5. The van der Waals surface area contributed by atoms with Crippen molar-refractivity contribution < 1.29 is 19.1 Å². The van der Waals surface area contributed by atoms with Crippen molar-refractivity contribution in [1.82, 2.24) is 5.43 Å². The summed E-state index contributed by atoms with van der Waals surface area (Å²) < 4.78 is 10.9. The molecular formula is C19H20BrN3O4S. The Hall–Kier alpha value is -2.39. The smallest absolute Gasteiger partial charge is 0.341 e.